The summed E-state index contributed by atoms with van der Waals surface area (Å²) >= 11 is 4.93. The van der Waals surface area contributed by atoms with Gasteiger partial charge in [-0.25, -0.2) is 8.42 Å². The molecule has 1 fully saturated rings. The van der Waals surface area contributed by atoms with Crippen molar-refractivity contribution < 1.29 is 8.42 Å². The van der Waals surface area contributed by atoms with Gasteiger partial charge in [0.2, 0.25) is 10.0 Å². The fraction of sp³-hybridized carbons (Fsp3) is 0.714. The molecule has 1 aliphatic rings. The molecule has 1 unspecified atom stereocenters. The first-order chi connectivity index (χ1) is 9.86. The molecule has 0 radical (unpaired) electrons. The molecule has 1 N–H and O–H groups in total. The minimum atomic E-state index is -3.38. The average Bonchev–Trinajstić information content (AvgIpc) is 3.02. The van der Waals surface area contributed by atoms with Crippen molar-refractivity contribution in [3.8, 4) is 0 Å². The van der Waals surface area contributed by atoms with Crippen LogP contribution in [0.15, 0.2) is 14.7 Å². The quantitative estimate of drug-likeness (QED) is 0.801. The molecule has 0 amide bonds. The maximum absolute atomic E-state index is 12.9. The maximum atomic E-state index is 12.9. The van der Waals surface area contributed by atoms with Crippen molar-refractivity contribution in [1.29, 1.82) is 0 Å². The summed E-state index contributed by atoms with van der Waals surface area (Å²) in [6.45, 7) is 7.56. The summed E-state index contributed by atoms with van der Waals surface area (Å²) in [5, 5.41) is 3.32. The van der Waals surface area contributed by atoms with Gasteiger partial charge in [-0.15, -0.1) is 11.3 Å². The van der Waals surface area contributed by atoms with Crippen molar-refractivity contribution in [1.82, 2.24) is 9.62 Å². The highest BCUT2D eigenvalue weighted by Gasteiger charge is 2.36. The SMILES string of the molecule is CCC1CCCN1S(=O)(=O)c1cc(CNC(C)C)sc1Br. The highest BCUT2D eigenvalue weighted by molar-refractivity contribution is 9.11. The fourth-order valence-electron chi connectivity index (χ4n) is 2.63. The minimum absolute atomic E-state index is 0.152. The second kappa shape index (κ2) is 7.08. The molecule has 0 aliphatic carbocycles. The number of nitrogens with zero attached hydrogens (tertiary/aromatic N) is 1. The summed E-state index contributed by atoms with van der Waals surface area (Å²) in [6.07, 6.45) is 2.81. The molecular formula is C14H23BrN2O2S2. The molecule has 7 heteroatoms. The van der Waals surface area contributed by atoms with Crippen molar-refractivity contribution in [3.63, 3.8) is 0 Å². The van der Waals surface area contributed by atoms with Crippen molar-refractivity contribution in [2.24, 2.45) is 0 Å². The second-order valence-electron chi connectivity index (χ2n) is 5.71. The lowest BCUT2D eigenvalue weighted by molar-refractivity contribution is 0.379. The molecule has 4 nitrogen and oxygen atoms in total. The zero-order valence-electron chi connectivity index (χ0n) is 12.7. The summed E-state index contributed by atoms with van der Waals surface area (Å²) in [6, 6.07) is 2.35. The molecule has 0 spiro atoms. The lowest BCUT2D eigenvalue weighted by Gasteiger charge is -2.22. The number of thiophene rings is 1. The molecule has 120 valence electrons. The van der Waals surface area contributed by atoms with Gasteiger partial charge in [-0.3, -0.25) is 0 Å². The number of sulfonamides is 1. The van der Waals surface area contributed by atoms with Crippen LogP contribution in [0.2, 0.25) is 0 Å². The van der Waals surface area contributed by atoms with Crippen LogP contribution < -0.4 is 5.32 Å². The molecule has 1 saturated heterocycles. The Balaban J connectivity index is 2.24. The van der Waals surface area contributed by atoms with E-state index in [-0.39, 0.29) is 6.04 Å². The Morgan fingerprint density at radius 2 is 2.24 bits per heavy atom. The molecule has 1 aliphatic heterocycles. The van der Waals surface area contributed by atoms with Crippen molar-refractivity contribution in [3.05, 3.63) is 14.7 Å². The van der Waals surface area contributed by atoms with Gasteiger partial charge in [-0.05, 0) is 41.3 Å². The van der Waals surface area contributed by atoms with Crippen LogP contribution in [0.5, 0.6) is 0 Å². The lowest BCUT2D eigenvalue weighted by atomic mass is 10.2. The van der Waals surface area contributed by atoms with E-state index in [2.05, 4.69) is 42.0 Å². The molecule has 0 saturated carbocycles. The van der Waals surface area contributed by atoms with Gasteiger partial charge >= 0.3 is 0 Å². The predicted octanol–water partition coefficient (Wildman–Crippen LogP) is 3.57. The van der Waals surface area contributed by atoms with E-state index in [0.717, 1.165) is 24.1 Å². The van der Waals surface area contributed by atoms with Gasteiger partial charge in [0, 0.05) is 30.1 Å². The van der Waals surface area contributed by atoms with Crippen LogP contribution in [0.4, 0.5) is 0 Å². The number of hydrogen-bond acceptors (Lipinski definition) is 4. The smallest absolute Gasteiger partial charge is 0.245 e. The molecule has 0 bridgehead atoms. The number of nitrogens with one attached hydrogen (secondary N) is 1. The number of halogens is 1. The molecule has 0 aromatic carbocycles. The van der Waals surface area contributed by atoms with E-state index in [1.165, 1.54) is 11.3 Å². The summed E-state index contributed by atoms with van der Waals surface area (Å²) in [4.78, 5) is 1.47. The Hall–Kier alpha value is 0.0500. The second-order valence-corrected chi connectivity index (χ2v) is 10.0. The Labute approximate surface area is 140 Å². The largest absolute Gasteiger partial charge is 0.310 e. The first-order valence-corrected chi connectivity index (χ1v) is 10.4. The van der Waals surface area contributed by atoms with E-state index < -0.39 is 10.0 Å². The minimum Gasteiger partial charge on any atom is -0.310 e. The predicted molar refractivity (Wildman–Crippen MR) is 91.2 cm³/mol. The van der Waals surface area contributed by atoms with Gasteiger partial charge in [0.05, 0.1) is 3.79 Å². The zero-order chi connectivity index (χ0) is 15.6. The van der Waals surface area contributed by atoms with Crippen LogP contribution in [0, 0.1) is 0 Å². The Bertz CT molecular complexity index is 584. The van der Waals surface area contributed by atoms with E-state index in [0.29, 0.717) is 27.8 Å². The van der Waals surface area contributed by atoms with Crippen LogP contribution in [0.1, 0.15) is 44.9 Å². The average molecular weight is 395 g/mol. The highest BCUT2D eigenvalue weighted by atomic mass is 79.9. The third kappa shape index (κ3) is 3.88. The molecule has 1 aromatic heterocycles. The fourth-order valence-corrected chi connectivity index (χ4v) is 6.98. The van der Waals surface area contributed by atoms with Gasteiger partial charge in [0.25, 0.3) is 0 Å². The summed E-state index contributed by atoms with van der Waals surface area (Å²) in [5.74, 6) is 0. The molecular weight excluding hydrogens is 372 g/mol. The topological polar surface area (TPSA) is 49.4 Å². The van der Waals surface area contributed by atoms with E-state index in [4.69, 9.17) is 0 Å². The summed E-state index contributed by atoms with van der Waals surface area (Å²) in [5.41, 5.74) is 0. The number of hydrogen-bond donors (Lipinski definition) is 1. The van der Waals surface area contributed by atoms with Gasteiger partial charge in [-0.2, -0.15) is 4.31 Å². The Morgan fingerprint density at radius 3 is 2.86 bits per heavy atom. The molecule has 2 rings (SSSR count). The van der Waals surface area contributed by atoms with Crippen molar-refractivity contribution in [2.45, 2.75) is 63.6 Å². The standard InChI is InChI=1S/C14H23BrN2O2S2/c1-4-11-6-5-7-17(11)21(18,19)13-8-12(20-14(13)15)9-16-10(2)3/h8,10-11,16H,4-7,9H2,1-3H3. The van der Waals surface area contributed by atoms with Gasteiger partial charge in [0.15, 0.2) is 0 Å². The van der Waals surface area contributed by atoms with Crippen LogP contribution in [0.3, 0.4) is 0 Å². The highest BCUT2D eigenvalue weighted by Crippen LogP contribution is 2.36. The van der Waals surface area contributed by atoms with Gasteiger partial charge in [0.1, 0.15) is 4.90 Å². The first-order valence-electron chi connectivity index (χ1n) is 7.39. The summed E-state index contributed by atoms with van der Waals surface area (Å²) < 4.78 is 28.1. The summed E-state index contributed by atoms with van der Waals surface area (Å²) in [7, 11) is -3.38. The molecule has 2 heterocycles. The Morgan fingerprint density at radius 1 is 1.52 bits per heavy atom. The van der Waals surface area contributed by atoms with Crippen LogP contribution in [-0.2, 0) is 16.6 Å². The first kappa shape index (κ1) is 17.4. The van der Waals surface area contributed by atoms with E-state index in [1.807, 2.05) is 6.07 Å². The van der Waals surface area contributed by atoms with Gasteiger partial charge in [-0.1, -0.05) is 20.8 Å². The zero-order valence-corrected chi connectivity index (χ0v) is 15.9. The normalized spacial score (nSPS) is 20.5. The van der Waals surface area contributed by atoms with Crippen LogP contribution in [0.25, 0.3) is 0 Å². The van der Waals surface area contributed by atoms with Gasteiger partial charge < -0.3 is 5.32 Å². The monoisotopic (exact) mass is 394 g/mol. The van der Waals surface area contributed by atoms with Crippen molar-refractivity contribution in [2.75, 3.05) is 6.54 Å². The van der Waals surface area contributed by atoms with Crippen LogP contribution in [-0.4, -0.2) is 31.4 Å². The van der Waals surface area contributed by atoms with Crippen molar-refractivity contribution >= 4 is 37.3 Å². The third-order valence-electron chi connectivity index (χ3n) is 3.77. The molecule has 21 heavy (non-hydrogen) atoms. The number of rotatable bonds is 6. The van der Waals surface area contributed by atoms with Crippen LogP contribution >= 0.6 is 27.3 Å². The van der Waals surface area contributed by atoms with E-state index >= 15 is 0 Å². The third-order valence-corrected chi connectivity index (χ3v) is 7.98. The molecule has 1 atom stereocenters. The lowest BCUT2D eigenvalue weighted by Crippen LogP contribution is -2.35. The van der Waals surface area contributed by atoms with E-state index in [9.17, 15) is 8.42 Å². The van der Waals surface area contributed by atoms with E-state index in [1.54, 1.807) is 4.31 Å². The Kier molecular flexibility index (Phi) is 5.87. The molecule has 1 aromatic rings. The maximum Gasteiger partial charge on any atom is 0.245 e.